The highest BCUT2D eigenvalue weighted by molar-refractivity contribution is 6.01. The molecule has 0 atom stereocenters. The molecule has 0 aliphatic carbocycles. The predicted octanol–water partition coefficient (Wildman–Crippen LogP) is 3.06. The second-order valence-electron chi connectivity index (χ2n) is 4.60. The molecule has 0 unspecified atom stereocenters. The minimum absolute atomic E-state index is 0.243. The number of aryl methyl sites for hydroxylation is 1. The fourth-order valence-corrected chi connectivity index (χ4v) is 1.91. The third-order valence-corrected chi connectivity index (χ3v) is 2.97. The molecular formula is C17H18N2O3. The van der Waals surface area contributed by atoms with Gasteiger partial charge in [-0.25, -0.2) is 4.98 Å². The monoisotopic (exact) mass is 298 g/mol. The molecule has 5 nitrogen and oxygen atoms in total. The van der Waals surface area contributed by atoms with Gasteiger partial charge in [-0.15, -0.1) is 0 Å². The van der Waals surface area contributed by atoms with E-state index < -0.39 is 0 Å². The number of ether oxygens (including phenoxy) is 2. The number of methoxy groups -OCH3 is 2. The van der Waals surface area contributed by atoms with Crippen molar-refractivity contribution in [1.82, 2.24) is 4.98 Å². The Morgan fingerprint density at radius 3 is 2.59 bits per heavy atom. The lowest BCUT2D eigenvalue weighted by Crippen LogP contribution is -2.09. The standard InChI is InChI=1S/C17H18N2O3/c1-12-5-4-6-16(18-12)19-17(20)10-8-13-7-9-14(21-2)15(11-13)22-3/h4-11H,1-3H3,(H,18,19,20). The molecule has 2 aromatic rings. The lowest BCUT2D eigenvalue weighted by atomic mass is 10.2. The number of nitrogens with zero attached hydrogens (tertiary/aromatic N) is 1. The molecule has 0 spiro atoms. The summed E-state index contributed by atoms with van der Waals surface area (Å²) < 4.78 is 10.4. The summed E-state index contributed by atoms with van der Waals surface area (Å²) in [7, 11) is 3.15. The highest BCUT2D eigenvalue weighted by Crippen LogP contribution is 2.27. The molecule has 1 aromatic heterocycles. The first-order valence-electron chi connectivity index (χ1n) is 6.77. The largest absolute Gasteiger partial charge is 0.493 e. The Labute approximate surface area is 129 Å². The number of carbonyl (C=O) groups is 1. The smallest absolute Gasteiger partial charge is 0.249 e. The number of hydrogen-bond donors (Lipinski definition) is 1. The van der Waals surface area contributed by atoms with Crippen molar-refractivity contribution in [3.8, 4) is 11.5 Å². The number of carbonyl (C=O) groups excluding carboxylic acids is 1. The van der Waals surface area contributed by atoms with Crippen LogP contribution in [0.4, 0.5) is 5.82 Å². The van der Waals surface area contributed by atoms with Crippen LogP contribution in [0, 0.1) is 6.92 Å². The van der Waals surface area contributed by atoms with E-state index >= 15 is 0 Å². The fourth-order valence-electron chi connectivity index (χ4n) is 1.91. The average molecular weight is 298 g/mol. The maximum atomic E-state index is 11.9. The first-order valence-corrected chi connectivity index (χ1v) is 6.77. The van der Waals surface area contributed by atoms with E-state index in [0.717, 1.165) is 11.3 Å². The molecule has 0 bridgehead atoms. The van der Waals surface area contributed by atoms with Crippen LogP contribution in [-0.2, 0) is 4.79 Å². The first kappa shape index (κ1) is 15.6. The summed E-state index contributed by atoms with van der Waals surface area (Å²) in [6.45, 7) is 1.87. The number of amides is 1. The molecule has 0 aliphatic heterocycles. The number of anilines is 1. The summed E-state index contributed by atoms with van der Waals surface area (Å²) in [5.41, 5.74) is 1.69. The van der Waals surface area contributed by atoms with Crippen molar-refractivity contribution in [3.63, 3.8) is 0 Å². The van der Waals surface area contributed by atoms with Crippen molar-refractivity contribution in [2.45, 2.75) is 6.92 Å². The molecule has 22 heavy (non-hydrogen) atoms. The quantitative estimate of drug-likeness (QED) is 0.862. The Kier molecular flexibility index (Phi) is 5.14. The minimum atomic E-state index is -0.243. The van der Waals surface area contributed by atoms with Gasteiger partial charge in [-0.2, -0.15) is 0 Å². The number of pyridine rings is 1. The molecule has 1 aromatic carbocycles. The molecule has 1 N–H and O–H groups in total. The second-order valence-corrected chi connectivity index (χ2v) is 4.60. The zero-order valence-electron chi connectivity index (χ0n) is 12.8. The van der Waals surface area contributed by atoms with Crippen LogP contribution >= 0.6 is 0 Å². The molecule has 0 fully saturated rings. The molecule has 0 aliphatic rings. The van der Waals surface area contributed by atoms with Crippen LogP contribution in [-0.4, -0.2) is 25.1 Å². The van der Waals surface area contributed by atoms with Crippen LogP contribution in [0.5, 0.6) is 11.5 Å². The maximum absolute atomic E-state index is 11.9. The van der Waals surface area contributed by atoms with Crippen LogP contribution in [0.25, 0.3) is 6.08 Å². The van der Waals surface area contributed by atoms with Gasteiger partial charge in [-0.05, 0) is 42.8 Å². The Bertz CT molecular complexity index is 696. The summed E-state index contributed by atoms with van der Waals surface area (Å²) in [5.74, 6) is 1.55. The lowest BCUT2D eigenvalue weighted by molar-refractivity contribution is -0.111. The number of rotatable bonds is 5. The highest BCUT2D eigenvalue weighted by atomic mass is 16.5. The zero-order valence-corrected chi connectivity index (χ0v) is 12.8. The third-order valence-electron chi connectivity index (χ3n) is 2.97. The van der Waals surface area contributed by atoms with Crippen LogP contribution in [0.15, 0.2) is 42.5 Å². The molecule has 114 valence electrons. The van der Waals surface area contributed by atoms with Gasteiger partial charge in [0.1, 0.15) is 5.82 Å². The van der Waals surface area contributed by atoms with E-state index in [1.54, 1.807) is 38.5 Å². The number of benzene rings is 1. The average Bonchev–Trinajstić information content (AvgIpc) is 2.52. The van der Waals surface area contributed by atoms with Gasteiger partial charge >= 0.3 is 0 Å². The van der Waals surface area contributed by atoms with Gasteiger partial charge in [-0.3, -0.25) is 4.79 Å². The van der Waals surface area contributed by atoms with Gasteiger partial charge in [0.05, 0.1) is 14.2 Å². The number of aromatic nitrogens is 1. The Balaban J connectivity index is 2.06. The molecule has 1 amide bonds. The van der Waals surface area contributed by atoms with Gasteiger partial charge in [0.25, 0.3) is 0 Å². The number of nitrogens with one attached hydrogen (secondary N) is 1. The molecule has 5 heteroatoms. The van der Waals surface area contributed by atoms with Crippen LogP contribution in [0.3, 0.4) is 0 Å². The van der Waals surface area contributed by atoms with Gasteiger partial charge in [0.2, 0.25) is 5.91 Å². The summed E-state index contributed by atoms with van der Waals surface area (Å²) in [6, 6.07) is 10.9. The summed E-state index contributed by atoms with van der Waals surface area (Å²) in [6.07, 6.45) is 3.15. The van der Waals surface area contributed by atoms with E-state index in [-0.39, 0.29) is 5.91 Å². The van der Waals surface area contributed by atoms with E-state index in [2.05, 4.69) is 10.3 Å². The Hall–Kier alpha value is -2.82. The zero-order chi connectivity index (χ0) is 15.9. The van der Waals surface area contributed by atoms with Crippen molar-refractivity contribution >= 4 is 17.8 Å². The van der Waals surface area contributed by atoms with E-state index in [4.69, 9.17) is 9.47 Å². The summed E-state index contributed by atoms with van der Waals surface area (Å²) >= 11 is 0. The Morgan fingerprint density at radius 2 is 1.91 bits per heavy atom. The maximum Gasteiger partial charge on any atom is 0.249 e. The summed E-state index contributed by atoms with van der Waals surface area (Å²) in [5, 5.41) is 2.71. The molecule has 0 radical (unpaired) electrons. The first-order chi connectivity index (χ1) is 10.6. The molecule has 0 saturated heterocycles. The molecule has 2 rings (SSSR count). The van der Waals surface area contributed by atoms with Gasteiger partial charge in [0.15, 0.2) is 11.5 Å². The van der Waals surface area contributed by atoms with E-state index in [1.807, 2.05) is 25.1 Å². The van der Waals surface area contributed by atoms with Crippen LogP contribution < -0.4 is 14.8 Å². The second kappa shape index (κ2) is 7.26. The molecule has 0 saturated carbocycles. The Morgan fingerprint density at radius 1 is 1.14 bits per heavy atom. The highest BCUT2D eigenvalue weighted by Gasteiger charge is 2.03. The van der Waals surface area contributed by atoms with Crippen molar-refractivity contribution < 1.29 is 14.3 Å². The van der Waals surface area contributed by atoms with Gasteiger partial charge in [0, 0.05) is 11.8 Å². The summed E-state index contributed by atoms with van der Waals surface area (Å²) in [4.78, 5) is 16.1. The normalized spacial score (nSPS) is 10.5. The minimum Gasteiger partial charge on any atom is -0.493 e. The van der Waals surface area contributed by atoms with Gasteiger partial charge < -0.3 is 14.8 Å². The van der Waals surface area contributed by atoms with E-state index in [1.165, 1.54) is 6.08 Å². The van der Waals surface area contributed by atoms with Crippen LogP contribution in [0.2, 0.25) is 0 Å². The van der Waals surface area contributed by atoms with Gasteiger partial charge in [-0.1, -0.05) is 12.1 Å². The molecule has 1 heterocycles. The van der Waals surface area contributed by atoms with E-state index in [9.17, 15) is 4.79 Å². The van der Waals surface area contributed by atoms with Crippen molar-refractivity contribution in [3.05, 3.63) is 53.7 Å². The van der Waals surface area contributed by atoms with E-state index in [0.29, 0.717) is 17.3 Å². The lowest BCUT2D eigenvalue weighted by Gasteiger charge is -2.07. The SMILES string of the molecule is COc1ccc(C=CC(=O)Nc2cccc(C)n2)cc1OC. The number of hydrogen-bond acceptors (Lipinski definition) is 4. The van der Waals surface area contributed by atoms with Crippen LogP contribution in [0.1, 0.15) is 11.3 Å². The van der Waals surface area contributed by atoms with Crippen molar-refractivity contribution in [2.75, 3.05) is 19.5 Å². The fraction of sp³-hybridized carbons (Fsp3) is 0.176. The predicted molar refractivity (Wildman–Crippen MR) is 86.2 cm³/mol. The topological polar surface area (TPSA) is 60.5 Å². The molecular weight excluding hydrogens is 280 g/mol. The third kappa shape index (κ3) is 4.09. The van der Waals surface area contributed by atoms with Crippen molar-refractivity contribution in [2.24, 2.45) is 0 Å². The van der Waals surface area contributed by atoms with Crippen molar-refractivity contribution in [1.29, 1.82) is 0 Å².